The van der Waals surface area contributed by atoms with Crippen molar-refractivity contribution in [2.75, 3.05) is 5.32 Å². The first kappa shape index (κ1) is 18.0. The van der Waals surface area contributed by atoms with E-state index in [9.17, 15) is 13.6 Å². The van der Waals surface area contributed by atoms with Gasteiger partial charge in [0.15, 0.2) is 0 Å². The van der Waals surface area contributed by atoms with Crippen LogP contribution in [0.5, 0.6) is 5.75 Å². The number of fused-ring (bicyclic) bond motifs is 1. The van der Waals surface area contributed by atoms with Crippen molar-refractivity contribution in [2.24, 2.45) is 0 Å². The van der Waals surface area contributed by atoms with E-state index >= 15 is 0 Å². The summed E-state index contributed by atoms with van der Waals surface area (Å²) in [6.07, 6.45) is 1.65. The largest absolute Gasteiger partial charge is 0.435 e. The molecular weight excluding hydrogens is 384 g/mol. The standard InChI is InChI=1S/C20H13F2N3O2S/c21-20(22)27-14-8-5-12(6-9-14)18(26)25-17-10-7-13(11-23-17)19-24-15-3-1-2-4-16(15)28-19/h1-11,20H,(H,23,25,26). The van der Waals surface area contributed by atoms with Crippen LogP contribution in [0.15, 0.2) is 66.9 Å². The highest BCUT2D eigenvalue weighted by atomic mass is 32.1. The van der Waals surface area contributed by atoms with E-state index in [4.69, 9.17) is 0 Å². The number of nitrogens with one attached hydrogen (secondary N) is 1. The number of carbonyl (C=O) groups is 1. The van der Waals surface area contributed by atoms with Crippen LogP contribution in [0, 0.1) is 0 Å². The number of anilines is 1. The Kier molecular flexibility index (Phi) is 4.94. The summed E-state index contributed by atoms with van der Waals surface area (Å²) in [5.41, 5.74) is 2.09. The quantitative estimate of drug-likeness (QED) is 0.502. The number of rotatable bonds is 5. The Hall–Kier alpha value is -3.39. The van der Waals surface area contributed by atoms with Crippen LogP contribution in [0.1, 0.15) is 10.4 Å². The molecule has 0 aliphatic rings. The van der Waals surface area contributed by atoms with Gasteiger partial charge in [-0.25, -0.2) is 9.97 Å². The third-order valence-electron chi connectivity index (χ3n) is 3.89. The molecule has 2 aromatic carbocycles. The Labute approximate surface area is 162 Å². The highest BCUT2D eigenvalue weighted by molar-refractivity contribution is 7.21. The molecule has 0 unspecified atom stereocenters. The number of ether oxygens (including phenoxy) is 1. The maximum Gasteiger partial charge on any atom is 0.387 e. The van der Waals surface area contributed by atoms with E-state index in [1.807, 2.05) is 30.3 Å². The van der Waals surface area contributed by atoms with Gasteiger partial charge < -0.3 is 10.1 Å². The zero-order valence-electron chi connectivity index (χ0n) is 14.3. The molecule has 1 amide bonds. The van der Waals surface area contributed by atoms with Gasteiger partial charge in [-0.2, -0.15) is 8.78 Å². The summed E-state index contributed by atoms with van der Waals surface area (Å²) in [4.78, 5) is 21.1. The number of nitrogens with zero attached hydrogens (tertiary/aromatic N) is 2. The van der Waals surface area contributed by atoms with Crippen molar-refractivity contribution in [1.82, 2.24) is 9.97 Å². The predicted molar refractivity (Wildman–Crippen MR) is 104 cm³/mol. The molecule has 0 aliphatic heterocycles. The van der Waals surface area contributed by atoms with Crippen LogP contribution in [0.2, 0.25) is 0 Å². The highest BCUT2D eigenvalue weighted by Gasteiger charge is 2.10. The van der Waals surface area contributed by atoms with Crippen LogP contribution in [0.25, 0.3) is 20.8 Å². The van der Waals surface area contributed by atoms with E-state index in [1.54, 1.807) is 23.6 Å². The molecule has 1 N–H and O–H groups in total. The number of hydrogen-bond donors (Lipinski definition) is 1. The Morgan fingerprint density at radius 3 is 2.50 bits per heavy atom. The Balaban J connectivity index is 1.46. The summed E-state index contributed by atoms with van der Waals surface area (Å²) in [6.45, 7) is -2.90. The molecule has 0 saturated carbocycles. The molecule has 2 aromatic heterocycles. The van der Waals surface area contributed by atoms with Crippen LogP contribution >= 0.6 is 11.3 Å². The van der Waals surface area contributed by atoms with Crippen molar-refractivity contribution in [3.63, 3.8) is 0 Å². The van der Waals surface area contributed by atoms with Gasteiger partial charge in [0, 0.05) is 17.3 Å². The van der Waals surface area contributed by atoms with Gasteiger partial charge in [-0.05, 0) is 48.5 Å². The Bertz CT molecular complexity index is 1080. The molecule has 0 aliphatic carbocycles. The third-order valence-corrected chi connectivity index (χ3v) is 4.97. The normalized spacial score (nSPS) is 11.0. The minimum absolute atomic E-state index is 0.00939. The fourth-order valence-electron chi connectivity index (χ4n) is 2.57. The van der Waals surface area contributed by atoms with Gasteiger partial charge in [0.1, 0.15) is 16.6 Å². The molecule has 0 bridgehead atoms. The first-order valence-electron chi connectivity index (χ1n) is 8.27. The summed E-state index contributed by atoms with van der Waals surface area (Å²) < 4.78 is 29.7. The molecule has 8 heteroatoms. The first-order valence-corrected chi connectivity index (χ1v) is 9.08. The molecule has 0 spiro atoms. The molecule has 0 atom stereocenters. The number of amides is 1. The van der Waals surface area contributed by atoms with Crippen molar-refractivity contribution in [3.05, 3.63) is 72.4 Å². The predicted octanol–water partition coefficient (Wildman–Crippen LogP) is 5.21. The number of para-hydroxylation sites is 1. The van der Waals surface area contributed by atoms with Gasteiger partial charge >= 0.3 is 6.61 Å². The molecule has 140 valence electrons. The maximum atomic E-state index is 12.3. The number of carbonyl (C=O) groups excluding carboxylic acids is 1. The van der Waals surface area contributed by atoms with Crippen molar-refractivity contribution < 1.29 is 18.3 Å². The lowest BCUT2D eigenvalue weighted by molar-refractivity contribution is -0.0498. The molecular formula is C20H13F2N3O2S. The fourth-order valence-corrected chi connectivity index (χ4v) is 3.52. The number of halogens is 2. The van der Waals surface area contributed by atoms with E-state index in [0.29, 0.717) is 11.4 Å². The highest BCUT2D eigenvalue weighted by Crippen LogP contribution is 2.29. The van der Waals surface area contributed by atoms with Gasteiger partial charge in [0.25, 0.3) is 5.91 Å². The summed E-state index contributed by atoms with van der Waals surface area (Å²) >= 11 is 1.57. The van der Waals surface area contributed by atoms with E-state index in [2.05, 4.69) is 20.0 Å². The summed E-state index contributed by atoms with van der Waals surface area (Å²) in [6, 6.07) is 16.8. The molecule has 0 radical (unpaired) electrons. The lowest BCUT2D eigenvalue weighted by Crippen LogP contribution is -2.13. The number of hydrogen-bond acceptors (Lipinski definition) is 5. The number of aromatic nitrogens is 2. The van der Waals surface area contributed by atoms with Gasteiger partial charge in [-0.1, -0.05) is 12.1 Å². The number of thiazole rings is 1. The van der Waals surface area contributed by atoms with Crippen LogP contribution in [-0.4, -0.2) is 22.5 Å². The summed E-state index contributed by atoms with van der Waals surface area (Å²) in [5, 5.41) is 3.52. The molecule has 0 saturated heterocycles. The van der Waals surface area contributed by atoms with E-state index < -0.39 is 12.5 Å². The number of pyridine rings is 1. The maximum absolute atomic E-state index is 12.3. The number of alkyl halides is 2. The van der Waals surface area contributed by atoms with E-state index in [0.717, 1.165) is 20.8 Å². The molecule has 0 fully saturated rings. The zero-order valence-corrected chi connectivity index (χ0v) is 15.1. The summed E-state index contributed by atoms with van der Waals surface area (Å²) in [5.74, 6) is -0.0311. The lowest BCUT2D eigenvalue weighted by atomic mass is 10.2. The van der Waals surface area contributed by atoms with Crippen LogP contribution in [0.3, 0.4) is 0 Å². The first-order chi connectivity index (χ1) is 13.6. The van der Waals surface area contributed by atoms with Crippen LogP contribution < -0.4 is 10.1 Å². The Morgan fingerprint density at radius 1 is 1.04 bits per heavy atom. The lowest BCUT2D eigenvalue weighted by Gasteiger charge is -2.07. The fraction of sp³-hybridized carbons (Fsp3) is 0.0500. The second-order valence-electron chi connectivity index (χ2n) is 5.78. The van der Waals surface area contributed by atoms with Crippen LogP contribution in [-0.2, 0) is 0 Å². The molecule has 5 nitrogen and oxygen atoms in total. The second-order valence-corrected chi connectivity index (χ2v) is 6.81. The van der Waals surface area contributed by atoms with Gasteiger partial charge in [0.2, 0.25) is 0 Å². The average molecular weight is 397 g/mol. The van der Waals surface area contributed by atoms with E-state index in [1.165, 1.54) is 24.3 Å². The molecule has 28 heavy (non-hydrogen) atoms. The third kappa shape index (κ3) is 3.96. The van der Waals surface area contributed by atoms with Gasteiger partial charge in [0.05, 0.1) is 10.2 Å². The monoisotopic (exact) mass is 397 g/mol. The summed E-state index contributed by atoms with van der Waals surface area (Å²) in [7, 11) is 0. The SMILES string of the molecule is O=C(Nc1ccc(-c2nc3ccccc3s2)cn1)c1ccc(OC(F)F)cc1. The van der Waals surface area contributed by atoms with E-state index in [-0.39, 0.29) is 5.75 Å². The Morgan fingerprint density at radius 2 is 1.82 bits per heavy atom. The average Bonchev–Trinajstić information content (AvgIpc) is 3.13. The van der Waals surface area contributed by atoms with Crippen molar-refractivity contribution >= 4 is 33.3 Å². The molecule has 4 aromatic rings. The number of benzene rings is 2. The van der Waals surface area contributed by atoms with Gasteiger partial charge in [-0.3, -0.25) is 4.79 Å². The van der Waals surface area contributed by atoms with Gasteiger partial charge in [-0.15, -0.1) is 11.3 Å². The van der Waals surface area contributed by atoms with Crippen molar-refractivity contribution in [3.8, 4) is 16.3 Å². The topological polar surface area (TPSA) is 64.1 Å². The molecule has 4 rings (SSSR count). The van der Waals surface area contributed by atoms with Crippen LogP contribution in [0.4, 0.5) is 14.6 Å². The molecule has 2 heterocycles. The minimum Gasteiger partial charge on any atom is -0.435 e. The smallest absolute Gasteiger partial charge is 0.387 e. The zero-order chi connectivity index (χ0) is 19.5. The van der Waals surface area contributed by atoms with Crippen molar-refractivity contribution in [1.29, 1.82) is 0 Å². The van der Waals surface area contributed by atoms with Crippen molar-refractivity contribution in [2.45, 2.75) is 6.61 Å². The minimum atomic E-state index is -2.90. The second kappa shape index (κ2) is 7.69.